The highest BCUT2D eigenvalue weighted by Crippen LogP contribution is 2.41. The number of piperidine rings is 1. The van der Waals surface area contributed by atoms with E-state index in [9.17, 15) is 9.59 Å². The lowest BCUT2D eigenvalue weighted by Gasteiger charge is -2.39. The van der Waals surface area contributed by atoms with Crippen LogP contribution in [0.4, 0.5) is 4.79 Å². The van der Waals surface area contributed by atoms with Crippen LogP contribution < -0.4 is 5.32 Å². The summed E-state index contributed by atoms with van der Waals surface area (Å²) in [5.74, 6) is 0.220. The van der Waals surface area contributed by atoms with Crippen molar-refractivity contribution < 1.29 is 9.59 Å². The van der Waals surface area contributed by atoms with Gasteiger partial charge in [-0.2, -0.15) is 0 Å². The Labute approximate surface area is 160 Å². The number of carbonyl (C=O) groups is 2. The van der Waals surface area contributed by atoms with Gasteiger partial charge in [0.2, 0.25) is 5.91 Å². The van der Waals surface area contributed by atoms with Gasteiger partial charge in [-0.25, -0.2) is 4.79 Å². The minimum Gasteiger partial charge on any atom is -0.338 e. The van der Waals surface area contributed by atoms with Gasteiger partial charge in [-0.15, -0.1) is 0 Å². The van der Waals surface area contributed by atoms with Crippen molar-refractivity contribution in [3.05, 3.63) is 34.9 Å². The van der Waals surface area contributed by atoms with E-state index in [-0.39, 0.29) is 23.4 Å². The molecule has 142 valence electrons. The van der Waals surface area contributed by atoms with Gasteiger partial charge in [-0.05, 0) is 43.9 Å². The molecule has 1 aromatic rings. The molecular weight excluding hydrogens is 350 g/mol. The first-order valence-corrected chi connectivity index (χ1v) is 9.86. The number of halogens is 1. The van der Waals surface area contributed by atoms with Crippen LogP contribution in [0.25, 0.3) is 0 Å². The minimum atomic E-state index is 0.0245. The number of carbonyl (C=O) groups excluding carboxylic acids is 2. The van der Waals surface area contributed by atoms with Crippen LogP contribution in [0.3, 0.4) is 0 Å². The van der Waals surface area contributed by atoms with E-state index in [2.05, 4.69) is 12.2 Å². The molecule has 0 aromatic heterocycles. The second-order valence-electron chi connectivity index (χ2n) is 7.80. The average molecular weight is 378 g/mol. The molecule has 1 aromatic carbocycles. The number of nitrogens with zero attached hydrogens (tertiary/aromatic N) is 2. The number of amides is 3. The summed E-state index contributed by atoms with van der Waals surface area (Å²) in [4.78, 5) is 28.7. The van der Waals surface area contributed by atoms with Crippen LogP contribution in [-0.4, -0.2) is 47.4 Å². The molecule has 2 fully saturated rings. The van der Waals surface area contributed by atoms with E-state index in [4.69, 9.17) is 11.6 Å². The lowest BCUT2D eigenvalue weighted by atomic mass is 9.77. The second kappa shape index (κ2) is 7.87. The summed E-state index contributed by atoms with van der Waals surface area (Å²) < 4.78 is 0. The van der Waals surface area contributed by atoms with E-state index in [1.165, 1.54) is 0 Å². The van der Waals surface area contributed by atoms with Gasteiger partial charge in [-0.3, -0.25) is 4.79 Å². The van der Waals surface area contributed by atoms with E-state index in [1.807, 2.05) is 41.0 Å². The molecule has 1 N–H and O–H groups in total. The fraction of sp³-hybridized carbons (Fsp3) is 0.600. The summed E-state index contributed by atoms with van der Waals surface area (Å²) >= 11 is 5.94. The first-order chi connectivity index (χ1) is 12.4. The Morgan fingerprint density at radius 2 is 1.92 bits per heavy atom. The van der Waals surface area contributed by atoms with E-state index in [0.29, 0.717) is 18.0 Å². The Morgan fingerprint density at radius 1 is 1.27 bits per heavy atom. The van der Waals surface area contributed by atoms with Gasteiger partial charge >= 0.3 is 6.03 Å². The molecule has 6 heteroatoms. The molecule has 0 saturated carbocycles. The van der Waals surface area contributed by atoms with Crippen molar-refractivity contribution in [1.82, 2.24) is 15.1 Å². The van der Waals surface area contributed by atoms with E-state index < -0.39 is 0 Å². The summed E-state index contributed by atoms with van der Waals surface area (Å²) in [6, 6.07) is 7.89. The van der Waals surface area contributed by atoms with Gasteiger partial charge < -0.3 is 15.1 Å². The van der Waals surface area contributed by atoms with Crippen LogP contribution in [0.2, 0.25) is 5.02 Å². The van der Waals surface area contributed by atoms with Crippen molar-refractivity contribution >= 4 is 23.5 Å². The molecule has 1 unspecified atom stereocenters. The predicted octanol–water partition coefficient (Wildman–Crippen LogP) is 3.66. The Balaban J connectivity index is 1.55. The third-order valence-corrected chi connectivity index (χ3v) is 6.04. The standard InChI is InChI=1S/C20H28ClN3O2/c1-3-15(2)22-19(26)23-10-8-20(9-11-23)12-18(25)24(14-20)13-16-4-6-17(21)7-5-16/h4-7,15H,3,8-14H2,1-2H3,(H,22,26). The van der Waals surface area contributed by atoms with Crippen LogP contribution >= 0.6 is 11.6 Å². The molecule has 2 heterocycles. The lowest BCUT2D eigenvalue weighted by Crippen LogP contribution is -2.49. The number of hydrogen-bond donors (Lipinski definition) is 1. The topological polar surface area (TPSA) is 52.7 Å². The quantitative estimate of drug-likeness (QED) is 0.870. The number of hydrogen-bond acceptors (Lipinski definition) is 2. The molecule has 2 saturated heterocycles. The Bertz CT molecular complexity index is 654. The van der Waals surface area contributed by atoms with Crippen molar-refractivity contribution in [3.8, 4) is 0 Å². The highest BCUT2D eigenvalue weighted by Gasteiger charge is 2.45. The smallest absolute Gasteiger partial charge is 0.317 e. The van der Waals surface area contributed by atoms with E-state index >= 15 is 0 Å². The summed E-state index contributed by atoms with van der Waals surface area (Å²) in [6.45, 7) is 6.96. The summed E-state index contributed by atoms with van der Waals surface area (Å²) in [5.41, 5.74) is 1.13. The fourth-order valence-corrected chi connectivity index (χ4v) is 3.99. The lowest BCUT2D eigenvalue weighted by molar-refractivity contribution is -0.128. The normalized spacial score (nSPS) is 20.5. The van der Waals surface area contributed by atoms with Crippen molar-refractivity contribution in [2.45, 2.75) is 52.1 Å². The van der Waals surface area contributed by atoms with Crippen LogP contribution in [-0.2, 0) is 11.3 Å². The highest BCUT2D eigenvalue weighted by molar-refractivity contribution is 6.30. The maximum absolute atomic E-state index is 12.5. The van der Waals surface area contributed by atoms with Crippen molar-refractivity contribution in [1.29, 1.82) is 0 Å². The van der Waals surface area contributed by atoms with Gasteiger partial charge in [-0.1, -0.05) is 30.7 Å². The predicted molar refractivity (Wildman–Crippen MR) is 103 cm³/mol. The number of likely N-dealkylation sites (tertiary alicyclic amines) is 2. The molecule has 0 aliphatic carbocycles. The first kappa shape index (κ1) is 19.0. The van der Waals surface area contributed by atoms with Gasteiger partial charge in [0.25, 0.3) is 0 Å². The third-order valence-electron chi connectivity index (χ3n) is 5.79. The Kier molecular flexibility index (Phi) is 5.76. The van der Waals surface area contributed by atoms with Crippen LogP contribution in [0.15, 0.2) is 24.3 Å². The zero-order valence-corrected chi connectivity index (χ0v) is 16.4. The highest BCUT2D eigenvalue weighted by atomic mass is 35.5. The minimum absolute atomic E-state index is 0.0245. The Hall–Kier alpha value is -1.75. The maximum Gasteiger partial charge on any atom is 0.317 e. The summed E-state index contributed by atoms with van der Waals surface area (Å²) in [5, 5.41) is 3.74. The number of nitrogens with one attached hydrogen (secondary N) is 1. The molecule has 5 nitrogen and oxygen atoms in total. The molecular formula is C20H28ClN3O2. The molecule has 3 rings (SSSR count). The maximum atomic E-state index is 12.5. The van der Waals surface area contributed by atoms with Crippen LogP contribution in [0.1, 0.15) is 45.1 Å². The van der Waals surface area contributed by atoms with Crippen molar-refractivity contribution in [2.24, 2.45) is 5.41 Å². The molecule has 3 amide bonds. The fourth-order valence-electron chi connectivity index (χ4n) is 3.86. The summed E-state index contributed by atoms with van der Waals surface area (Å²) in [7, 11) is 0. The monoisotopic (exact) mass is 377 g/mol. The van der Waals surface area contributed by atoms with Crippen LogP contribution in [0, 0.1) is 5.41 Å². The third kappa shape index (κ3) is 4.32. The zero-order valence-electron chi connectivity index (χ0n) is 15.6. The largest absolute Gasteiger partial charge is 0.338 e. The van der Waals surface area contributed by atoms with Crippen molar-refractivity contribution in [2.75, 3.05) is 19.6 Å². The first-order valence-electron chi connectivity index (χ1n) is 9.48. The Morgan fingerprint density at radius 3 is 2.54 bits per heavy atom. The number of urea groups is 1. The van der Waals surface area contributed by atoms with Gasteiger partial charge in [0.1, 0.15) is 0 Å². The second-order valence-corrected chi connectivity index (χ2v) is 8.24. The molecule has 26 heavy (non-hydrogen) atoms. The average Bonchev–Trinajstić information content (AvgIpc) is 2.92. The van der Waals surface area contributed by atoms with E-state index in [1.54, 1.807) is 0 Å². The molecule has 1 spiro atoms. The molecule has 0 bridgehead atoms. The molecule has 1 atom stereocenters. The number of benzene rings is 1. The SMILES string of the molecule is CCC(C)NC(=O)N1CCC2(CC1)CC(=O)N(Cc1ccc(Cl)cc1)C2. The molecule has 0 radical (unpaired) electrons. The van der Waals surface area contributed by atoms with Crippen molar-refractivity contribution in [3.63, 3.8) is 0 Å². The van der Waals surface area contributed by atoms with Gasteiger partial charge in [0.05, 0.1) is 0 Å². The van der Waals surface area contributed by atoms with Gasteiger partial charge in [0.15, 0.2) is 0 Å². The molecule has 2 aliphatic heterocycles. The van der Waals surface area contributed by atoms with Crippen LogP contribution in [0.5, 0.6) is 0 Å². The summed E-state index contributed by atoms with van der Waals surface area (Å²) in [6.07, 6.45) is 3.31. The molecule has 2 aliphatic rings. The van der Waals surface area contributed by atoms with Gasteiger partial charge in [0, 0.05) is 49.1 Å². The zero-order chi connectivity index (χ0) is 18.7. The van der Waals surface area contributed by atoms with E-state index in [0.717, 1.165) is 44.5 Å². The number of rotatable bonds is 4.